The summed E-state index contributed by atoms with van der Waals surface area (Å²) in [4.78, 5) is 12.9. The maximum Gasteiger partial charge on any atom is 0.411 e. The van der Waals surface area contributed by atoms with Crippen LogP contribution in [0.3, 0.4) is 0 Å². The van der Waals surface area contributed by atoms with Crippen LogP contribution in [0.2, 0.25) is 0 Å². The van der Waals surface area contributed by atoms with E-state index in [0.29, 0.717) is 13.0 Å². The molecule has 0 fully saturated rings. The zero-order chi connectivity index (χ0) is 16.8. The van der Waals surface area contributed by atoms with Crippen LogP contribution in [0.15, 0.2) is 40.9 Å². The molecule has 0 aliphatic carbocycles. The van der Waals surface area contributed by atoms with Gasteiger partial charge >= 0.3 is 6.09 Å². The molecule has 0 spiro atoms. The van der Waals surface area contributed by atoms with Crippen LogP contribution in [0.5, 0.6) is 0 Å². The standard InChI is InChI=1S/C18H17BrFNO2/c1-18(2)10-21(17(22)23)16-8-12(15(19)9-14(16)18)7-11-3-5-13(20)6-4-11/h3-6,8-9H,7,10H2,1-2H3,(H,22,23). The van der Waals surface area contributed by atoms with Gasteiger partial charge in [-0.05, 0) is 47.4 Å². The molecule has 0 saturated carbocycles. The molecule has 3 nitrogen and oxygen atoms in total. The summed E-state index contributed by atoms with van der Waals surface area (Å²) in [6, 6.07) is 10.3. The summed E-state index contributed by atoms with van der Waals surface area (Å²) in [5.74, 6) is -0.263. The van der Waals surface area contributed by atoms with Gasteiger partial charge in [0.2, 0.25) is 0 Å². The van der Waals surface area contributed by atoms with Crippen LogP contribution in [0.25, 0.3) is 0 Å². The van der Waals surface area contributed by atoms with E-state index < -0.39 is 6.09 Å². The Kier molecular flexibility index (Phi) is 3.92. The summed E-state index contributed by atoms with van der Waals surface area (Å²) in [7, 11) is 0. The first-order chi connectivity index (χ1) is 10.8. The van der Waals surface area contributed by atoms with Gasteiger partial charge < -0.3 is 5.11 Å². The minimum Gasteiger partial charge on any atom is -0.465 e. The number of carboxylic acid groups (broad SMARTS) is 1. The summed E-state index contributed by atoms with van der Waals surface area (Å²) >= 11 is 3.59. The highest BCUT2D eigenvalue weighted by molar-refractivity contribution is 9.10. The van der Waals surface area contributed by atoms with Crippen molar-refractivity contribution in [2.75, 3.05) is 11.4 Å². The van der Waals surface area contributed by atoms with Crippen LogP contribution in [-0.2, 0) is 11.8 Å². The molecule has 23 heavy (non-hydrogen) atoms. The molecule has 0 aromatic heterocycles. The highest BCUT2D eigenvalue weighted by Gasteiger charge is 2.38. The van der Waals surface area contributed by atoms with Crippen molar-refractivity contribution < 1.29 is 14.3 Å². The van der Waals surface area contributed by atoms with E-state index >= 15 is 0 Å². The average Bonchev–Trinajstić information content (AvgIpc) is 2.74. The van der Waals surface area contributed by atoms with Crippen molar-refractivity contribution in [2.24, 2.45) is 0 Å². The molecule has 0 radical (unpaired) electrons. The third-order valence-corrected chi connectivity index (χ3v) is 5.01. The van der Waals surface area contributed by atoms with Gasteiger partial charge in [0.15, 0.2) is 0 Å². The van der Waals surface area contributed by atoms with E-state index in [9.17, 15) is 14.3 Å². The van der Waals surface area contributed by atoms with Gasteiger partial charge in [0.25, 0.3) is 0 Å². The first-order valence-electron chi connectivity index (χ1n) is 7.36. The Labute approximate surface area is 142 Å². The molecule has 1 aliphatic heterocycles. The van der Waals surface area contributed by atoms with Gasteiger partial charge in [0.05, 0.1) is 5.69 Å². The van der Waals surface area contributed by atoms with Crippen LogP contribution in [0.4, 0.5) is 14.9 Å². The Hall–Kier alpha value is -1.88. The fourth-order valence-corrected chi connectivity index (χ4v) is 3.55. The molecule has 1 heterocycles. The third kappa shape index (κ3) is 2.98. The molecule has 2 aromatic rings. The van der Waals surface area contributed by atoms with Crippen molar-refractivity contribution in [1.29, 1.82) is 0 Å². The van der Waals surface area contributed by atoms with Crippen LogP contribution in [0, 0.1) is 5.82 Å². The van der Waals surface area contributed by atoms with Gasteiger partial charge in [-0.1, -0.05) is 41.9 Å². The molecule has 0 unspecified atom stereocenters. The lowest BCUT2D eigenvalue weighted by molar-refractivity contribution is 0.201. The van der Waals surface area contributed by atoms with E-state index in [0.717, 1.165) is 26.9 Å². The number of fused-ring (bicyclic) bond motifs is 1. The Balaban J connectivity index is 2.02. The molecule has 120 valence electrons. The number of hydrogen-bond acceptors (Lipinski definition) is 1. The van der Waals surface area contributed by atoms with Crippen molar-refractivity contribution in [3.8, 4) is 0 Å². The largest absolute Gasteiger partial charge is 0.465 e. The second-order valence-corrected chi connectivity index (χ2v) is 7.37. The number of rotatable bonds is 2. The second-order valence-electron chi connectivity index (χ2n) is 6.52. The summed E-state index contributed by atoms with van der Waals surface area (Å²) in [6.45, 7) is 4.53. The van der Waals surface area contributed by atoms with E-state index in [1.165, 1.54) is 17.0 Å². The molecule has 0 atom stereocenters. The van der Waals surface area contributed by atoms with Gasteiger partial charge in [0.1, 0.15) is 5.82 Å². The van der Waals surface area contributed by atoms with Crippen LogP contribution >= 0.6 is 15.9 Å². The zero-order valence-corrected chi connectivity index (χ0v) is 14.5. The van der Waals surface area contributed by atoms with E-state index in [1.54, 1.807) is 12.1 Å². The van der Waals surface area contributed by atoms with Gasteiger partial charge in [0, 0.05) is 16.4 Å². The molecule has 0 saturated heterocycles. The smallest absolute Gasteiger partial charge is 0.411 e. The highest BCUT2D eigenvalue weighted by Crippen LogP contribution is 2.43. The molecule has 5 heteroatoms. The van der Waals surface area contributed by atoms with Gasteiger partial charge in [-0.15, -0.1) is 0 Å². The maximum atomic E-state index is 13.0. The van der Waals surface area contributed by atoms with Crippen molar-refractivity contribution in [2.45, 2.75) is 25.7 Å². The molecule has 0 bridgehead atoms. The van der Waals surface area contributed by atoms with Gasteiger partial charge in [-0.2, -0.15) is 0 Å². The van der Waals surface area contributed by atoms with Crippen molar-refractivity contribution in [3.05, 3.63) is 63.4 Å². The Morgan fingerprint density at radius 3 is 2.57 bits per heavy atom. The van der Waals surface area contributed by atoms with Crippen molar-refractivity contribution >= 4 is 27.7 Å². The second kappa shape index (κ2) is 5.64. The fraction of sp³-hybridized carbons (Fsp3) is 0.278. The predicted octanol–water partition coefficient (Wildman–Crippen LogP) is 4.95. The van der Waals surface area contributed by atoms with Gasteiger partial charge in [-0.3, -0.25) is 4.90 Å². The maximum absolute atomic E-state index is 13.0. The summed E-state index contributed by atoms with van der Waals surface area (Å²) in [5.41, 5.74) is 3.51. The lowest BCUT2D eigenvalue weighted by Gasteiger charge is -2.18. The Morgan fingerprint density at radius 2 is 1.96 bits per heavy atom. The fourth-order valence-electron chi connectivity index (χ4n) is 3.06. The van der Waals surface area contributed by atoms with Crippen LogP contribution in [-0.4, -0.2) is 17.7 Å². The topological polar surface area (TPSA) is 40.5 Å². The lowest BCUT2D eigenvalue weighted by Crippen LogP contribution is -2.32. The number of nitrogens with zero attached hydrogens (tertiary/aromatic N) is 1. The molecule has 3 rings (SSSR count). The number of hydrogen-bond donors (Lipinski definition) is 1. The zero-order valence-electron chi connectivity index (χ0n) is 12.9. The Morgan fingerprint density at radius 1 is 1.30 bits per heavy atom. The lowest BCUT2D eigenvalue weighted by atomic mass is 9.86. The van der Waals surface area contributed by atoms with E-state index in [-0.39, 0.29) is 11.2 Å². The first kappa shape index (κ1) is 16.0. The van der Waals surface area contributed by atoms with Crippen molar-refractivity contribution in [3.63, 3.8) is 0 Å². The molecular weight excluding hydrogens is 361 g/mol. The number of anilines is 1. The van der Waals surface area contributed by atoms with Gasteiger partial charge in [-0.25, -0.2) is 9.18 Å². The van der Waals surface area contributed by atoms with Crippen LogP contribution < -0.4 is 4.90 Å². The molecule has 1 amide bonds. The Bertz CT molecular complexity index is 771. The number of halogens is 2. The van der Waals surface area contributed by atoms with E-state index in [4.69, 9.17) is 0 Å². The molecule has 2 aromatic carbocycles. The third-order valence-electron chi connectivity index (χ3n) is 4.28. The molecule has 1 aliphatic rings. The normalized spacial score (nSPS) is 15.6. The van der Waals surface area contributed by atoms with Crippen molar-refractivity contribution in [1.82, 2.24) is 0 Å². The summed E-state index contributed by atoms with van der Waals surface area (Å²) in [5, 5.41) is 9.45. The monoisotopic (exact) mass is 377 g/mol. The number of amides is 1. The molecular formula is C18H17BrFNO2. The summed E-state index contributed by atoms with van der Waals surface area (Å²) in [6.07, 6.45) is -0.325. The first-order valence-corrected chi connectivity index (χ1v) is 8.15. The minimum absolute atomic E-state index is 0.218. The van der Waals surface area contributed by atoms with Crippen LogP contribution in [0.1, 0.15) is 30.5 Å². The molecule has 1 N–H and O–H groups in total. The van der Waals surface area contributed by atoms with E-state index in [1.807, 2.05) is 26.0 Å². The summed E-state index contributed by atoms with van der Waals surface area (Å²) < 4.78 is 14.0. The number of benzene rings is 2. The van der Waals surface area contributed by atoms with E-state index in [2.05, 4.69) is 15.9 Å². The minimum atomic E-state index is -0.938. The SMILES string of the molecule is CC1(C)CN(C(=O)O)c2cc(Cc3ccc(F)cc3)c(Br)cc21. The predicted molar refractivity (Wildman–Crippen MR) is 91.7 cm³/mol. The average molecular weight is 378 g/mol. The number of carbonyl (C=O) groups is 1. The highest BCUT2D eigenvalue weighted by atomic mass is 79.9. The quantitative estimate of drug-likeness (QED) is 0.803.